The van der Waals surface area contributed by atoms with Crippen LogP contribution in [0.5, 0.6) is 0 Å². The normalized spacial score (nSPS) is 34.6. The zero-order chi connectivity index (χ0) is 15.3. The van der Waals surface area contributed by atoms with Crippen LogP contribution in [0.1, 0.15) is 72.1 Å². The molecule has 2 nitrogen and oxygen atoms in total. The zero-order valence-electron chi connectivity index (χ0n) is 15.0. The van der Waals surface area contributed by atoms with Crippen molar-refractivity contribution < 1.29 is 0 Å². The van der Waals surface area contributed by atoms with Crippen molar-refractivity contribution in [3.8, 4) is 0 Å². The van der Waals surface area contributed by atoms with Crippen LogP contribution in [-0.4, -0.2) is 37.6 Å². The maximum atomic E-state index is 3.65. The number of hydrogen-bond donors (Lipinski definition) is 1. The fourth-order valence-electron chi connectivity index (χ4n) is 5.04. The van der Waals surface area contributed by atoms with Gasteiger partial charge < -0.3 is 10.2 Å². The molecule has 2 aliphatic rings. The first-order chi connectivity index (χ1) is 10.1. The van der Waals surface area contributed by atoms with Crippen molar-refractivity contribution in [3.05, 3.63) is 0 Å². The Hall–Kier alpha value is -0.0800. The summed E-state index contributed by atoms with van der Waals surface area (Å²) in [6, 6.07) is 0.695. The van der Waals surface area contributed by atoms with Gasteiger partial charge in [0.1, 0.15) is 0 Å². The molecule has 2 heteroatoms. The van der Waals surface area contributed by atoms with Gasteiger partial charge in [-0.25, -0.2) is 0 Å². The smallest absolute Gasteiger partial charge is 0.0156 e. The summed E-state index contributed by atoms with van der Waals surface area (Å²) in [7, 11) is 2.17. The minimum Gasteiger partial charge on any atom is -0.316 e. The number of hydrogen-bond acceptors (Lipinski definition) is 2. The van der Waals surface area contributed by atoms with Crippen LogP contribution in [0.3, 0.4) is 0 Å². The molecule has 1 saturated heterocycles. The fraction of sp³-hybridized carbons (Fsp3) is 1.00. The summed E-state index contributed by atoms with van der Waals surface area (Å²) in [4.78, 5) is 2.78. The molecule has 0 aromatic carbocycles. The van der Waals surface area contributed by atoms with Crippen molar-refractivity contribution in [2.24, 2.45) is 17.3 Å². The Balaban J connectivity index is 1.88. The van der Waals surface area contributed by atoms with Crippen molar-refractivity contribution in [3.63, 3.8) is 0 Å². The zero-order valence-corrected chi connectivity index (χ0v) is 15.0. The van der Waals surface area contributed by atoms with Crippen LogP contribution < -0.4 is 5.32 Å². The monoisotopic (exact) mass is 294 g/mol. The maximum Gasteiger partial charge on any atom is 0.0156 e. The average molecular weight is 295 g/mol. The minimum absolute atomic E-state index is 0.467. The van der Waals surface area contributed by atoms with Crippen molar-refractivity contribution >= 4 is 0 Å². The summed E-state index contributed by atoms with van der Waals surface area (Å²) in [6.45, 7) is 11.3. The Kier molecular flexibility index (Phi) is 6.55. The summed E-state index contributed by atoms with van der Waals surface area (Å²) in [5, 5.41) is 3.65. The van der Waals surface area contributed by atoms with Gasteiger partial charge in [0.15, 0.2) is 0 Å². The largest absolute Gasteiger partial charge is 0.316 e. The van der Waals surface area contributed by atoms with Gasteiger partial charge in [-0.1, -0.05) is 40.0 Å². The third-order valence-corrected chi connectivity index (χ3v) is 6.15. The topological polar surface area (TPSA) is 15.3 Å². The summed E-state index contributed by atoms with van der Waals surface area (Å²) >= 11 is 0. The second-order valence-electron chi connectivity index (χ2n) is 8.29. The average Bonchev–Trinajstić information content (AvgIpc) is 2.64. The summed E-state index contributed by atoms with van der Waals surface area (Å²) < 4.78 is 0. The van der Waals surface area contributed by atoms with Crippen LogP contribution in [0.4, 0.5) is 0 Å². The molecular weight excluding hydrogens is 256 g/mol. The maximum absolute atomic E-state index is 3.65. The van der Waals surface area contributed by atoms with Crippen LogP contribution in [0.15, 0.2) is 0 Å². The van der Waals surface area contributed by atoms with Crippen LogP contribution in [0.2, 0.25) is 0 Å². The lowest BCUT2D eigenvalue weighted by molar-refractivity contribution is 0.0841. The molecule has 1 heterocycles. The first kappa shape index (κ1) is 17.3. The predicted molar refractivity (Wildman–Crippen MR) is 92.7 cm³/mol. The molecule has 0 spiro atoms. The second kappa shape index (κ2) is 7.97. The van der Waals surface area contributed by atoms with Crippen molar-refractivity contribution in [1.82, 2.24) is 10.2 Å². The molecule has 124 valence electrons. The minimum atomic E-state index is 0.467. The molecular formula is C19H38N2. The van der Waals surface area contributed by atoms with Crippen LogP contribution >= 0.6 is 0 Å². The van der Waals surface area contributed by atoms with Crippen molar-refractivity contribution in [2.45, 2.75) is 78.2 Å². The molecule has 0 bridgehead atoms. The number of rotatable bonds is 5. The van der Waals surface area contributed by atoms with E-state index in [1.54, 1.807) is 0 Å². The summed E-state index contributed by atoms with van der Waals surface area (Å²) in [5.41, 5.74) is 0.467. The van der Waals surface area contributed by atoms with E-state index in [1.807, 2.05) is 0 Å². The third-order valence-electron chi connectivity index (χ3n) is 6.15. The highest BCUT2D eigenvalue weighted by atomic mass is 15.1. The van der Waals surface area contributed by atoms with Crippen molar-refractivity contribution in [1.29, 1.82) is 0 Å². The van der Waals surface area contributed by atoms with Gasteiger partial charge in [0.25, 0.3) is 0 Å². The van der Waals surface area contributed by atoms with E-state index in [2.05, 4.69) is 38.0 Å². The molecule has 2 rings (SSSR count). The van der Waals surface area contributed by atoms with Gasteiger partial charge in [-0.2, -0.15) is 0 Å². The highest BCUT2D eigenvalue weighted by Crippen LogP contribution is 2.39. The van der Waals surface area contributed by atoms with E-state index in [1.165, 1.54) is 71.0 Å². The first-order valence-corrected chi connectivity index (χ1v) is 9.46. The van der Waals surface area contributed by atoms with Crippen LogP contribution in [0, 0.1) is 17.3 Å². The Morgan fingerprint density at radius 2 is 1.90 bits per heavy atom. The van der Waals surface area contributed by atoms with E-state index in [4.69, 9.17) is 0 Å². The lowest BCUT2D eigenvalue weighted by atomic mass is 9.68. The number of nitrogens with one attached hydrogen (secondary N) is 1. The molecule has 3 unspecified atom stereocenters. The van der Waals surface area contributed by atoms with Gasteiger partial charge in [-0.15, -0.1) is 0 Å². The van der Waals surface area contributed by atoms with Gasteiger partial charge in [0.2, 0.25) is 0 Å². The van der Waals surface area contributed by atoms with Gasteiger partial charge in [-0.3, -0.25) is 0 Å². The molecule has 3 atom stereocenters. The third kappa shape index (κ3) is 4.69. The van der Waals surface area contributed by atoms with E-state index in [0.29, 0.717) is 11.5 Å². The lowest BCUT2D eigenvalue weighted by Crippen LogP contribution is -2.51. The molecule has 21 heavy (non-hydrogen) atoms. The Bertz CT molecular complexity index is 300. The van der Waals surface area contributed by atoms with Crippen LogP contribution in [0.25, 0.3) is 0 Å². The molecule has 0 aromatic heterocycles. The van der Waals surface area contributed by atoms with E-state index in [-0.39, 0.29) is 0 Å². The molecule has 0 amide bonds. The van der Waals surface area contributed by atoms with E-state index < -0.39 is 0 Å². The van der Waals surface area contributed by atoms with Gasteiger partial charge in [0, 0.05) is 12.6 Å². The predicted octanol–water partition coefficient (Wildman–Crippen LogP) is 4.30. The quantitative estimate of drug-likeness (QED) is 0.813. The molecule has 1 N–H and O–H groups in total. The summed E-state index contributed by atoms with van der Waals surface area (Å²) in [6.07, 6.45) is 11.4. The highest BCUT2D eigenvalue weighted by Gasteiger charge is 2.38. The standard InChI is InChI=1S/C19H38N2/c1-5-8-16-9-7-13-21(14-11-16)15-17-10-6-12-19(2,3)18(17)20-4/h16-18,20H,5-15H2,1-4H3. The molecule has 1 saturated carbocycles. The first-order valence-electron chi connectivity index (χ1n) is 9.46. The SMILES string of the molecule is CCCC1CCCN(CC2CCCC(C)(C)C2NC)CC1. The number of likely N-dealkylation sites (tertiary alicyclic amines) is 1. The van der Waals surface area contributed by atoms with Gasteiger partial charge in [0.05, 0.1) is 0 Å². The molecule has 2 fully saturated rings. The highest BCUT2D eigenvalue weighted by molar-refractivity contribution is 4.94. The molecule has 0 aromatic rings. The fourth-order valence-corrected chi connectivity index (χ4v) is 5.04. The Morgan fingerprint density at radius 3 is 2.62 bits per heavy atom. The molecule has 1 aliphatic heterocycles. The van der Waals surface area contributed by atoms with E-state index in [0.717, 1.165) is 11.8 Å². The Labute approximate surface area is 133 Å². The van der Waals surface area contributed by atoms with Crippen LogP contribution in [-0.2, 0) is 0 Å². The second-order valence-corrected chi connectivity index (χ2v) is 8.29. The Morgan fingerprint density at radius 1 is 1.10 bits per heavy atom. The summed E-state index contributed by atoms with van der Waals surface area (Å²) in [5.74, 6) is 1.85. The van der Waals surface area contributed by atoms with Gasteiger partial charge in [-0.05, 0) is 69.5 Å². The molecule has 1 aliphatic carbocycles. The number of nitrogens with zero attached hydrogens (tertiary/aromatic N) is 1. The van der Waals surface area contributed by atoms with Gasteiger partial charge >= 0.3 is 0 Å². The lowest BCUT2D eigenvalue weighted by Gasteiger charge is -2.45. The van der Waals surface area contributed by atoms with E-state index >= 15 is 0 Å². The van der Waals surface area contributed by atoms with Crippen molar-refractivity contribution in [2.75, 3.05) is 26.7 Å². The van der Waals surface area contributed by atoms with E-state index in [9.17, 15) is 0 Å². The molecule has 0 radical (unpaired) electrons.